The molecule has 3 atom stereocenters. The number of hydrogen-bond donors (Lipinski definition) is 0. The maximum atomic E-state index is 12.7. The third-order valence-electron chi connectivity index (χ3n) is 5.61. The number of hydrogen-bond acceptors (Lipinski definition) is 2. The summed E-state index contributed by atoms with van der Waals surface area (Å²) in [6.45, 7) is 11.3. The summed E-state index contributed by atoms with van der Waals surface area (Å²) < 4.78 is 0. The maximum Gasteiger partial charge on any atom is 0.195 e. The van der Waals surface area contributed by atoms with Gasteiger partial charge in [0, 0.05) is 5.41 Å². The fourth-order valence-electron chi connectivity index (χ4n) is 4.08. The second-order valence-electron chi connectivity index (χ2n) is 7.13. The molecule has 2 rings (SSSR count). The molecule has 2 aliphatic rings. The first kappa shape index (κ1) is 15.2. The zero-order valence-corrected chi connectivity index (χ0v) is 13.9. The van der Waals surface area contributed by atoms with Gasteiger partial charge in [0.05, 0.1) is 0 Å². The molecule has 0 radical (unpaired) electrons. The van der Waals surface area contributed by atoms with Gasteiger partial charge in [-0.2, -0.15) is 0 Å². The predicted octanol–water partition coefficient (Wildman–Crippen LogP) is 5.06. The minimum atomic E-state index is -0.150. The van der Waals surface area contributed by atoms with Crippen molar-refractivity contribution >= 4 is 16.9 Å². The lowest BCUT2D eigenvalue weighted by Crippen LogP contribution is -2.47. The fraction of sp³-hybridized carbons (Fsp3) is 0.824. The molecule has 0 bridgehead atoms. The molecule has 0 spiro atoms. The van der Waals surface area contributed by atoms with Gasteiger partial charge < -0.3 is 0 Å². The molecular formula is C17H28OS. The Morgan fingerprint density at radius 2 is 2.11 bits per heavy atom. The van der Waals surface area contributed by atoms with Crippen LogP contribution < -0.4 is 0 Å². The summed E-state index contributed by atoms with van der Waals surface area (Å²) in [7, 11) is 0. The van der Waals surface area contributed by atoms with Crippen LogP contribution in [-0.4, -0.2) is 10.9 Å². The van der Waals surface area contributed by atoms with E-state index in [0.29, 0.717) is 22.4 Å². The molecule has 108 valence electrons. The van der Waals surface area contributed by atoms with E-state index in [-0.39, 0.29) is 5.41 Å². The van der Waals surface area contributed by atoms with E-state index >= 15 is 0 Å². The van der Waals surface area contributed by atoms with Gasteiger partial charge in [-0.3, -0.25) is 4.79 Å². The first-order chi connectivity index (χ1) is 8.84. The highest BCUT2D eigenvalue weighted by atomic mass is 32.2. The Bertz CT molecular complexity index is 396. The van der Waals surface area contributed by atoms with Crippen molar-refractivity contribution in [3.63, 3.8) is 0 Å². The lowest BCUT2D eigenvalue weighted by atomic mass is 9.53. The molecule has 0 amide bonds. The predicted molar refractivity (Wildman–Crippen MR) is 84.2 cm³/mol. The normalized spacial score (nSPS) is 37.4. The van der Waals surface area contributed by atoms with Crippen LogP contribution in [0, 0.1) is 22.7 Å². The van der Waals surface area contributed by atoms with Crippen molar-refractivity contribution in [1.82, 2.24) is 0 Å². The largest absolute Gasteiger partial charge is 0.287 e. The Morgan fingerprint density at radius 3 is 2.74 bits per heavy atom. The van der Waals surface area contributed by atoms with E-state index in [1.165, 1.54) is 31.0 Å². The lowest BCUT2D eigenvalue weighted by Gasteiger charge is -2.51. The third-order valence-corrected chi connectivity index (χ3v) is 6.60. The summed E-state index contributed by atoms with van der Waals surface area (Å²) in [5.41, 5.74) is 1.72. The van der Waals surface area contributed by atoms with Gasteiger partial charge in [0.1, 0.15) is 0 Å². The lowest BCUT2D eigenvalue weighted by molar-refractivity contribution is -0.125. The fourth-order valence-corrected chi connectivity index (χ4v) is 5.00. The molecule has 0 aromatic rings. The van der Waals surface area contributed by atoms with Crippen LogP contribution in [0.1, 0.15) is 60.3 Å². The number of carbonyl (C=O) groups is 1. The van der Waals surface area contributed by atoms with Crippen LogP contribution in [0.2, 0.25) is 0 Å². The number of allylic oxidation sites excluding steroid dienone is 2. The minimum Gasteiger partial charge on any atom is -0.287 e. The second kappa shape index (κ2) is 5.27. The Kier molecular flexibility index (Phi) is 4.21. The van der Waals surface area contributed by atoms with Crippen molar-refractivity contribution < 1.29 is 4.79 Å². The molecule has 0 unspecified atom stereocenters. The Labute approximate surface area is 122 Å². The van der Waals surface area contributed by atoms with Crippen LogP contribution in [0.4, 0.5) is 0 Å². The summed E-state index contributed by atoms with van der Waals surface area (Å²) in [6, 6.07) is 0. The van der Waals surface area contributed by atoms with Crippen molar-refractivity contribution in [1.29, 1.82) is 0 Å². The van der Waals surface area contributed by atoms with Gasteiger partial charge in [-0.15, -0.1) is 0 Å². The van der Waals surface area contributed by atoms with Crippen LogP contribution in [0.3, 0.4) is 0 Å². The first-order valence-corrected chi connectivity index (χ1v) is 8.70. The smallest absolute Gasteiger partial charge is 0.195 e. The van der Waals surface area contributed by atoms with Gasteiger partial charge in [-0.05, 0) is 42.3 Å². The molecule has 2 heteroatoms. The van der Waals surface area contributed by atoms with E-state index < -0.39 is 0 Å². The highest BCUT2D eigenvalue weighted by Crippen LogP contribution is 2.57. The van der Waals surface area contributed by atoms with E-state index in [1.807, 2.05) is 0 Å². The topological polar surface area (TPSA) is 17.1 Å². The summed E-state index contributed by atoms with van der Waals surface area (Å²) in [5, 5.41) is 0.427. The van der Waals surface area contributed by atoms with Gasteiger partial charge in [-0.25, -0.2) is 0 Å². The molecule has 0 heterocycles. The van der Waals surface area contributed by atoms with Gasteiger partial charge in [-0.1, -0.05) is 64.5 Å². The quantitative estimate of drug-likeness (QED) is 0.657. The molecular weight excluding hydrogens is 252 g/mol. The zero-order chi connectivity index (χ0) is 14.3. The average Bonchev–Trinajstić information content (AvgIpc) is 2.34. The SMILES string of the molecule is CCSC(=O)[C@@]1(C)[C@@H]2CCCC(C)(C)C2=CC[C@@H]1C. The Balaban J connectivity index is 2.39. The van der Waals surface area contributed by atoms with E-state index in [1.54, 1.807) is 5.57 Å². The van der Waals surface area contributed by atoms with Gasteiger partial charge in [0.25, 0.3) is 0 Å². The van der Waals surface area contributed by atoms with Gasteiger partial charge >= 0.3 is 0 Å². The third kappa shape index (κ3) is 2.41. The molecule has 19 heavy (non-hydrogen) atoms. The molecule has 1 fully saturated rings. The number of thioether (sulfide) groups is 1. The summed E-state index contributed by atoms with van der Waals surface area (Å²) in [4.78, 5) is 12.7. The highest BCUT2D eigenvalue weighted by molar-refractivity contribution is 8.13. The molecule has 1 nitrogen and oxygen atoms in total. The molecule has 2 aliphatic carbocycles. The average molecular weight is 280 g/mol. The Morgan fingerprint density at radius 1 is 1.42 bits per heavy atom. The monoisotopic (exact) mass is 280 g/mol. The highest BCUT2D eigenvalue weighted by Gasteiger charge is 2.52. The first-order valence-electron chi connectivity index (χ1n) is 7.71. The molecule has 0 aromatic heterocycles. The van der Waals surface area contributed by atoms with Gasteiger partial charge in [0.15, 0.2) is 5.12 Å². The van der Waals surface area contributed by atoms with Crippen molar-refractivity contribution in [2.45, 2.75) is 60.3 Å². The maximum absolute atomic E-state index is 12.7. The van der Waals surface area contributed by atoms with Crippen LogP contribution in [0.5, 0.6) is 0 Å². The van der Waals surface area contributed by atoms with Crippen LogP contribution in [-0.2, 0) is 4.79 Å². The minimum absolute atomic E-state index is 0.150. The molecule has 0 aliphatic heterocycles. The summed E-state index contributed by atoms with van der Waals surface area (Å²) in [6.07, 6.45) is 7.27. The van der Waals surface area contributed by atoms with E-state index in [0.717, 1.165) is 12.2 Å². The molecule has 0 aromatic carbocycles. The van der Waals surface area contributed by atoms with Gasteiger partial charge in [0.2, 0.25) is 0 Å². The van der Waals surface area contributed by atoms with Crippen molar-refractivity contribution in [2.24, 2.45) is 22.7 Å². The van der Waals surface area contributed by atoms with E-state index in [4.69, 9.17) is 0 Å². The number of rotatable bonds is 2. The van der Waals surface area contributed by atoms with Crippen LogP contribution in [0.15, 0.2) is 11.6 Å². The van der Waals surface area contributed by atoms with Crippen LogP contribution in [0.25, 0.3) is 0 Å². The second-order valence-corrected chi connectivity index (χ2v) is 8.36. The summed E-state index contributed by atoms with van der Waals surface area (Å²) in [5.74, 6) is 1.85. The van der Waals surface area contributed by atoms with Crippen molar-refractivity contribution in [2.75, 3.05) is 5.75 Å². The number of fused-ring (bicyclic) bond motifs is 1. The molecule has 0 N–H and O–H groups in total. The summed E-state index contributed by atoms with van der Waals surface area (Å²) >= 11 is 1.53. The van der Waals surface area contributed by atoms with Crippen molar-refractivity contribution in [3.8, 4) is 0 Å². The van der Waals surface area contributed by atoms with Crippen LogP contribution >= 0.6 is 11.8 Å². The van der Waals surface area contributed by atoms with E-state index in [9.17, 15) is 4.79 Å². The molecule has 1 saturated carbocycles. The molecule has 0 saturated heterocycles. The van der Waals surface area contributed by atoms with Crippen molar-refractivity contribution in [3.05, 3.63) is 11.6 Å². The standard InChI is InChI=1S/C17H28OS/c1-6-19-15(18)17(5)12(2)9-10-13-14(17)8-7-11-16(13,3)4/h10,12,14H,6-9,11H2,1-5H3/t12-,14+,17+/m0/s1. The Hall–Kier alpha value is -0.240. The van der Waals surface area contributed by atoms with E-state index in [2.05, 4.69) is 40.7 Å². The zero-order valence-electron chi connectivity index (χ0n) is 13.1. The number of carbonyl (C=O) groups excluding carboxylic acids is 1.